The molecule has 0 unspecified atom stereocenters. The minimum atomic E-state index is 0.146. The third kappa shape index (κ3) is 1.30. The molecule has 0 radical (unpaired) electrons. The minimum absolute atomic E-state index is 0.146. The fourth-order valence-electron chi connectivity index (χ4n) is 0.743. The third-order valence-electron chi connectivity index (χ3n) is 1.30. The molecule has 0 aliphatic carbocycles. The van der Waals surface area contributed by atoms with Crippen LogP contribution in [0.1, 0.15) is 22.2 Å². The molecule has 0 amide bonds. The number of thiophene rings is 1. The zero-order valence-electron chi connectivity index (χ0n) is 5.77. The Hall–Kier alpha value is -0.150. The molecule has 0 atom stereocenters. The molecule has 1 aromatic heterocycles. The Bertz CT molecular complexity index is 265. The molecular weight excluding hydrogens is 212 g/mol. The number of hydrogen-bond donors (Lipinski definition) is 0. The van der Waals surface area contributed by atoms with Gasteiger partial charge in [0.05, 0.1) is 4.88 Å². The van der Waals surface area contributed by atoms with Crippen molar-refractivity contribution in [2.24, 2.45) is 0 Å². The van der Waals surface area contributed by atoms with Crippen LogP contribution in [-0.2, 0) is 0 Å². The van der Waals surface area contributed by atoms with Gasteiger partial charge in [-0.2, -0.15) is 0 Å². The summed E-state index contributed by atoms with van der Waals surface area (Å²) in [6, 6.07) is 0. The maximum Gasteiger partial charge on any atom is 0.170 e. The number of hydrogen-bond acceptors (Lipinski definition) is 2. The Morgan fingerprint density at radius 3 is 2.50 bits per heavy atom. The van der Waals surface area contributed by atoms with Crippen molar-refractivity contribution in [2.75, 3.05) is 0 Å². The Labute approximate surface area is 72.2 Å². The molecule has 0 aromatic carbocycles. The van der Waals surface area contributed by atoms with Gasteiger partial charge < -0.3 is 0 Å². The minimum Gasteiger partial charge on any atom is -0.294 e. The lowest BCUT2D eigenvalue weighted by atomic mass is 10.2. The topological polar surface area (TPSA) is 17.1 Å². The maximum atomic E-state index is 10.9. The molecule has 0 fully saturated rings. The smallest absolute Gasteiger partial charge is 0.170 e. The first-order valence-electron chi connectivity index (χ1n) is 2.87. The molecule has 1 rings (SSSR count). The molecule has 1 nitrogen and oxygen atoms in total. The summed E-state index contributed by atoms with van der Waals surface area (Å²) < 4.78 is 1.03. The maximum absolute atomic E-state index is 10.9. The van der Waals surface area contributed by atoms with E-state index in [4.69, 9.17) is 0 Å². The lowest BCUT2D eigenvalue weighted by Gasteiger charge is -1.90. The van der Waals surface area contributed by atoms with E-state index < -0.39 is 0 Å². The van der Waals surface area contributed by atoms with E-state index in [0.29, 0.717) is 0 Å². The van der Waals surface area contributed by atoms with Gasteiger partial charge in [-0.05, 0) is 35.3 Å². The Kier molecular flexibility index (Phi) is 2.26. The van der Waals surface area contributed by atoms with E-state index in [1.165, 1.54) is 11.3 Å². The molecule has 10 heavy (non-hydrogen) atoms. The first-order valence-corrected chi connectivity index (χ1v) is 4.54. The molecule has 1 aromatic rings. The van der Waals surface area contributed by atoms with Crippen molar-refractivity contribution in [1.82, 2.24) is 0 Å². The average Bonchev–Trinajstić information content (AvgIpc) is 2.14. The van der Waals surface area contributed by atoms with Gasteiger partial charge in [-0.3, -0.25) is 4.79 Å². The van der Waals surface area contributed by atoms with Crippen LogP contribution in [0.25, 0.3) is 0 Å². The van der Waals surface area contributed by atoms with Gasteiger partial charge in [-0.1, -0.05) is 0 Å². The van der Waals surface area contributed by atoms with E-state index in [9.17, 15) is 4.79 Å². The van der Waals surface area contributed by atoms with E-state index in [2.05, 4.69) is 15.9 Å². The highest BCUT2D eigenvalue weighted by molar-refractivity contribution is 9.10. The highest BCUT2D eigenvalue weighted by atomic mass is 79.9. The van der Waals surface area contributed by atoms with Crippen molar-refractivity contribution in [1.29, 1.82) is 0 Å². The largest absolute Gasteiger partial charge is 0.294 e. The van der Waals surface area contributed by atoms with E-state index in [-0.39, 0.29) is 5.78 Å². The molecule has 0 N–H and O–H groups in total. The van der Waals surface area contributed by atoms with Crippen LogP contribution in [0.3, 0.4) is 0 Å². The Balaban J connectivity index is 3.17. The van der Waals surface area contributed by atoms with Crippen LogP contribution in [0.15, 0.2) is 9.85 Å². The predicted molar refractivity (Wildman–Crippen MR) is 46.8 cm³/mol. The van der Waals surface area contributed by atoms with Crippen LogP contribution >= 0.6 is 27.3 Å². The molecule has 3 heteroatoms. The molecule has 0 saturated heterocycles. The molecule has 54 valence electrons. The van der Waals surface area contributed by atoms with Gasteiger partial charge >= 0.3 is 0 Å². The summed E-state index contributed by atoms with van der Waals surface area (Å²) in [5, 5.41) is 1.94. The zero-order chi connectivity index (χ0) is 7.72. The highest BCUT2D eigenvalue weighted by Gasteiger charge is 2.07. The molecule has 0 aliphatic rings. The lowest BCUT2D eigenvalue weighted by molar-refractivity contribution is 0.102. The second-order valence-electron chi connectivity index (χ2n) is 2.09. The number of ketones is 1. The SMILES string of the molecule is CC(=O)c1scc(Br)c1C. The van der Waals surface area contributed by atoms with Crippen molar-refractivity contribution in [3.8, 4) is 0 Å². The summed E-state index contributed by atoms with van der Waals surface area (Å²) in [4.78, 5) is 11.7. The van der Waals surface area contributed by atoms with Crippen molar-refractivity contribution in [3.05, 3.63) is 20.3 Å². The van der Waals surface area contributed by atoms with E-state index in [1.807, 2.05) is 12.3 Å². The highest BCUT2D eigenvalue weighted by Crippen LogP contribution is 2.26. The monoisotopic (exact) mass is 218 g/mol. The van der Waals surface area contributed by atoms with Crippen LogP contribution in [0.2, 0.25) is 0 Å². The van der Waals surface area contributed by atoms with Gasteiger partial charge in [0.1, 0.15) is 0 Å². The fraction of sp³-hybridized carbons (Fsp3) is 0.286. The first-order chi connectivity index (χ1) is 4.63. The second kappa shape index (κ2) is 2.84. The normalized spacial score (nSPS) is 9.90. The van der Waals surface area contributed by atoms with Crippen molar-refractivity contribution in [3.63, 3.8) is 0 Å². The number of carbonyl (C=O) groups is 1. The summed E-state index contributed by atoms with van der Waals surface area (Å²) >= 11 is 4.83. The van der Waals surface area contributed by atoms with E-state index in [1.54, 1.807) is 6.92 Å². The quantitative estimate of drug-likeness (QED) is 0.663. The molecule has 0 aliphatic heterocycles. The molecule has 0 bridgehead atoms. The summed E-state index contributed by atoms with van der Waals surface area (Å²) in [5.74, 6) is 0.146. The van der Waals surface area contributed by atoms with Crippen LogP contribution in [0.5, 0.6) is 0 Å². The number of Topliss-reactive ketones (excluding diaryl/α,β-unsaturated/α-hetero) is 1. The fourth-order valence-corrected chi connectivity index (χ4v) is 2.20. The average molecular weight is 219 g/mol. The van der Waals surface area contributed by atoms with Gasteiger partial charge in [0.25, 0.3) is 0 Å². The summed E-state index contributed by atoms with van der Waals surface area (Å²) in [6.07, 6.45) is 0. The Morgan fingerprint density at radius 2 is 2.30 bits per heavy atom. The molecule has 0 spiro atoms. The first kappa shape index (κ1) is 7.95. The van der Waals surface area contributed by atoms with E-state index in [0.717, 1.165) is 14.9 Å². The summed E-state index contributed by atoms with van der Waals surface area (Å²) in [5.41, 5.74) is 1.05. The number of rotatable bonds is 1. The second-order valence-corrected chi connectivity index (χ2v) is 3.83. The van der Waals surface area contributed by atoms with Crippen molar-refractivity contribution >= 4 is 33.0 Å². The summed E-state index contributed by atoms with van der Waals surface area (Å²) in [7, 11) is 0. The van der Waals surface area contributed by atoms with Gasteiger partial charge in [0.2, 0.25) is 0 Å². The van der Waals surface area contributed by atoms with Gasteiger partial charge in [0, 0.05) is 9.85 Å². The van der Waals surface area contributed by atoms with Gasteiger partial charge in [-0.25, -0.2) is 0 Å². The predicted octanol–water partition coefficient (Wildman–Crippen LogP) is 3.02. The number of halogens is 1. The van der Waals surface area contributed by atoms with Gasteiger partial charge in [-0.15, -0.1) is 11.3 Å². The molecule has 0 saturated carbocycles. The van der Waals surface area contributed by atoms with Crippen molar-refractivity contribution in [2.45, 2.75) is 13.8 Å². The van der Waals surface area contributed by atoms with E-state index >= 15 is 0 Å². The third-order valence-corrected chi connectivity index (χ3v) is 3.61. The van der Waals surface area contributed by atoms with Gasteiger partial charge in [0.15, 0.2) is 5.78 Å². The lowest BCUT2D eigenvalue weighted by Crippen LogP contribution is -1.88. The van der Waals surface area contributed by atoms with Crippen LogP contribution in [0, 0.1) is 6.92 Å². The standard InChI is InChI=1S/C7H7BrOS/c1-4-6(8)3-10-7(4)5(2)9/h3H,1-2H3. The van der Waals surface area contributed by atoms with Crippen LogP contribution < -0.4 is 0 Å². The van der Waals surface area contributed by atoms with Crippen molar-refractivity contribution < 1.29 is 4.79 Å². The molecular formula is C7H7BrOS. The summed E-state index contributed by atoms with van der Waals surface area (Å²) in [6.45, 7) is 3.53. The number of carbonyl (C=O) groups excluding carboxylic acids is 1. The molecule has 1 heterocycles. The zero-order valence-corrected chi connectivity index (χ0v) is 8.17. The Morgan fingerprint density at radius 1 is 1.70 bits per heavy atom. The van der Waals surface area contributed by atoms with Crippen LogP contribution in [0.4, 0.5) is 0 Å². The van der Waals surface area contributed by atoms with Crippen LogP contribution in [-0.4, -0.2) is 5.78 Å².